The fourth-order valence-electron chi connectivity index (χ4n) is 2.03. The highest BCUT2D eigenvalue weighted by atomic mass is 35.5. The summed E-state index contributed by atoms with van der Waals surface area (Å²) in [5.74, 6) is 1.54. The number of hydrogen-bond acceptors (Lipinski definition) is 3. The van der Waals surface area contributed by atoms with Gasteiger partial charge in [0.25, 0.3) is 0 Å². The van der Waals surface area contributed by atoms with Crippen molar-refractivity contribution in [3.8, 4) is 5.75 Å². The highest BCUT2D eigenvalue weighted by Crippen LogP contribution is 2.21. The largest absolute Gasteiger partial charge is 0.493 e. The number of aryl methyl sites for hydroxylation is 1. The van der Waals surface area contributed by atoms with Gasteiger partial charge in [0.15, 0.2) is 0 Å². The lowest BCUT2D eigenvalue weighted by molar-refractivity contribution is -0.121. The lowest BCUT2D eigenvalue weighted by atomic mass is 10.1. The van der Waals surface area contributed by atoms with Crippen molar-refractivity contribution in [2.45, 2.75) is 46.6 Å². The summed E-state index contributed by atoms with van der Waals surface area (Å²) in [7, 11) is 0. The zero-order valence-corrected chi connectivity index (χ0v) is 14.7. The van der Waals surface area contributed by atoms with Gasteiger partial charge in [0, 0.05) is 25.1 Å². The van der Waals surface area contributed by atoms with E-state index in [-0.39, 0.29) is 18.3 Å². The Morgan fingerprint density at radius 2 is 2.09 bits per heavy atom. The molecule has 0 aliphatic heterocycles. The predicted molar refractivity (Wildman–Crippen MR) is 93.5 cm³/mol. The van der Waals surface area contributed by atoms with E-state index in [1.165, 1.54) is 0 Å². The Morgan fingerprint density at radius 1 is 1.36 bits per heavy atom. The van der Waals surface area contributed by atoms with Crippen LogP contribution >= 0.6 is 12.4 Å². The van der Waals surface area contributed by atoms with Crippen LogP contribution in [0.5, 0.6) is 5.75 Å². The molecule has 4 nitrogen and oxygen atoms in total. The van der Waals surface area contributed by atoms with Gasteiger partial charge in [0.2, 0.25) is 5.91 Å². The lowest BCUT2D eigenvalue weighted by Gasteiger charge is -2.13. The fourth-order valence-corrected chi connectivity index (χ4v) is 2.03. The smallest absolute Gasteiger partial charge is 0.221 e. The van der Waals surface area contributed by atoms with Crippen molar-refractivity contribution >= 4 is 18.3 Å². The number of carbonyl (C=O) groups is 1. The Labute approximate surface area is 140 Å². The number of nitrogens with one attached hydrogen (secondary N) is 1. The van der Waals surface area contributed by atoms with Crippen molar-refractivity contribution in [1.29, 1.82) is 0 Å². The maximum Gasteiger partial charge on any atom is 0.221 e. The molecule has 0 radical (unpaired) electrons. The van der Waals surface area contributed by atoms with E-state index in [1.54, 1.807) is 0 Å². The zero-order chi connectivity index (χ0) is 15.7. The van der Waals surface area contributed by atoms with Gasteiger partial charge in [-0.15, -0.1) is 12.4 Å². The highest BCUT2D eigenvalue weighted by Gasteiger charge is 2.07. The standard InChI is InChI=1S/C17H28N2O2.ClH/c1-13(2)5-4-10-21-16-11-14(3)6-7-15(16)12-19-17(20)8-9-18;/h6-7,11,13H,4-5,8-10,12,18H2,1-3H3,(H,19,20);1H. The normalized spacial score (nSPS) is 10.2. The molecule has 0 saturated heterocycles. The van der Waals surface area contributed by atoms with E-state index in [0.717, 1.165) is 29.7 Å². The molecule has 0 aliphatic rings. The molecule has 0 saturated carbocycles. The molecule has 1 amide bonds. The van der Waals surface area contributed by atoms with Gasteiger partial charge < -0.3 is 15.8 Å². The minimum atomic E-state index is -0.0242. The number of amides is 1. The molecular formula is C17H29ClN2O2. The summed E-state index contributed by atoms with van der Waals surface area (Å²) < 4.78 is 5.88. The molecule has 1 rings (SSSR count). The first-order chi connectivity index (χ1) is 10.0. The van der Waals surface area contributed by atoms with Crippen molar-refractivity contribution in [3.63, 3.8) is 0 Å². The first-order valence-corrected chi connectivity index (χ1v) is 7.72. The number of rotatable bonds is 9. The van der Waals surface area contributed by atoms with Crippen molar-refractivity contribution in [2.24, 2.45) is 11.7 Å². The Hall–Kier alpha value is -1.26. The first kappa shape index (κ1) is 20.7. The molecule has 126 valence electrons. The van der Waals surface area contributed by atoms with Crippen LogP contribution in [0, 0.1) is 12.8 Å². The molecule has 0 aromatic heterocycles. The summed E-state index contributed by atoms with van der Waals surface area (Å²) in [4.78, 5) is 11.5. The molecule has 1 aromatic carbocycles. The number of benzene rings is 1. The summed E-state index contributed by atoms with van der Waals surface area (Å²) >= 11 is 0. The van der Waals surface area contributed by atoms with Gasteiger partial charge in [-0.05, 0) is 37.3 Å². The fraction of sp³-hybridized carbons (Fsp3) is 0.588. The molecule has 1 aromatic rings. The molecule has 0 spiro atoms. The second-order valence-electron chi connectivity index (χ2n) is 5.81. The highest BCUT2D eigenvalue weighted by molar-refractivity contribution is 5.85. The van der Waals surface area contributed by atoms with Gasteiger partial charge in [-0.3, -0.25) is 4.79 Å². The maximum absolute atomic E-state index is 11.5. The average Bonchev–Trinajstić information content (AvgIpc) is 2.42. The summed E-state index contributed by atoms with van der Waals surface area (Å²) in [6, 6.07) is 6.07. The number of hydrogen-bond donors (Lipinski definition) is 2. The van der Waals surface area contributed by atoms with Crippen molar-refractivity contribution in [2.75, 3.05) is 13.2 Å². The van der Waals surface area contributed by atoms with Crippen molar-refractivity contribution in [3.05, 3.63) is 29.3 Å². The van der Waals surface area contributed by atoms with E-state index in [1.807, 2.05) is 25.1 Å². The van der Waals surface area contributed by atoms with Gasteiger partial charge >= 0.3 is 0 Å². The van der Waals surface area contributed by atoms with E-state index >= 15 is 0 Å². The molecule has 5 heteroatoms. The van der Waals surface area contributed by atoms with Crippen LogP contribution in [0.25, 0.3) is 0 Å². The summed E-state index contributed by atoms with van der Waals surface area (Å²) in [6.45, 7) is 8.04. The third-order valence-electron chi connectivity index (χ3n) is 3.25. The number of halogens is 1. The van der Waals surface area contributed by atoms with Gasteiger partial charge in [-0.1, -0.05) is 26.0 Å². The van der Waals surface area contributed by atoms with Gasteiger partial charge in [-0.25, -0.2) is 0 Å². The molecule has 0 fully saturated rings. The Bertz CT molecular complexity index is 450. The molecule has 0 atom stereocenters. The minimum Gasteiger partial charge on any atom is -0.493 e. The SMILES string of the molecule is Cc1ccc(CNC(=O)CCN)c(OCCCC(C)C)c1.Cl. The van der Waals surface area contributed by atoms with Crippen LogP contribution in [0.15, 0.2) is 18.2 Å². The van der Waals surface area contributed by atoms with E-state index in [4.69, 9.17) is 10.5 Å². The summed E-state index contributed by atoms with van der Waals surface area (Å²) in [6.07, 6.45) is 2.56. The van der Waals surface area contributed by atoms with Crippen LogP contribution in [0.2, 0.25) is 0 Å². The molecule has 22 heavy (non-hydrogen) atoms. The first-order valence-electron chi connectivity index (χ1n) is 7.72. The molecule has 0 unspecified atom stereocenters. The Kier molecular flexibility index (Phi) is 10.7. The van der Waals surface area contributed by atoms with Gasteiger partial charge in [0.1, 0.15) is 5.75 Å². The minimum absolute atomic E-state index is 0. The van der Waals surface area contributed by atoms with Gasteiger partial charge in [-0.2, -0.15) is 0 Å². The van der Waals surface area contributed by atoms with E-state index in [2.05, 4.69) is 19.2 Å². The lowest BCUT2D eigenvalue weighted by Crippen LogP contribution is -2.25. The van der Waals surface area contributed by atoms with Crippen LogP contribution in [0.1, 0.15) is 44.2 Å². The van der Waals surface area contributed by atoms with Crippen molar-refractivity contribution in [1.82, 2.24) is 5.32 Å². The number of nitrogens with two attached hydrogens (primary N) is 1. The third kappa shape index (κ3) is 8.25. The summed E-state index contributed by atoms with van der Waals surface area (Å²) in [5, 5.41) is 2.87. The number of ether oxygens (including phenoxy) is 1. The third-order valence-corrected chi connectivity index (χ3v) is 3.25. The van der Waals surface area contributed by atoms with Crippen LogP contribution < -0.4 is 15.8 Å². The summed E-state index contributed by atoms with van der Waals surface area (Å²) in [5.41, 5.74) is 7.54. The van der Waals surface area contributed by atoms with E-state index in [9.17, 15) is 4.79 Å². The monoisotopic (exact) mass is 328 g/mol. The van der Waals surface area contributed by atoms with E-state index < -0.39 is 0 Å². The Morgan fingerprint density at radius 3 is 2.73 bits per heavy atom. The predicted octanol–water partition coefficient (Wildman–Crippen LogP) is 3.20. The maximum atomic E-state index is 11.5. The molecular weight excluding hydrogens is 300 g/mol. The van der Waals surface area contributed by atoms with Crippen LogP contribution in [0.4, 0.5) is 0 Å². The van der Waals surface area contributed by atoms with Crippen LogP contribution in [-0.2, 0) is 11.3 Å². The van der Waals surface area contributed by atoms with Crippen LogP contribution in [-0.4, -0.2) is 19.1 Å². The van der Waals surface area contributed by atoms with E-state index in [0.29, 0.717) is 32.0 Å². The molecule has 3 N–H and O–H groups in total. The Balaban J connectivity index is 0.00000441. The molecule has 0 bridgehead atoms. The van der Waals surface area contributed by atoms with Crippen LogP contribution in [0.3, 0.4) is 0 Å². The topological polar surface area (TPSA) is 64.4 Å². The zero-order valence-electron chi connectivity index (χ0n) is 13.9. The average molecular weight is 329 g/mol. The van der Waals surface area contributed by atoms with Gasteiger partial charge in [0.05, 0.1) is 6.61 Å². The second kappa shape index (κ2) is 11.3. The molecule has 0 aliphatic carbocycles. The van der Waals surface area contributed by atoms with Crippen molar-refractivity contribution < 1.29 is 9.53 Å². The molecule has 0 heterocycles. The quantitative estimate of drug-likeness (QED) is 0.684. The second-order valence-corrected chi connectivity index (χ2v) is 5.81. The number of carbonyl (C=O) groups excluding carboxylic acids is 1.